The third-order valence-corrected chi connectivity index (χ3v) is 2.60. The molecular formula is C13H15LiNO+. The van der Waals surface area contributed by atoms with Crippen molar-refractivity contribution in [1.29, 1.82) is 0 Å². The normalized spacial score (nSPS) is 11.2. The summed E-state index contributed by atoms with van der Waals surface area (Å²) in [4.78, 5) is 3.02. The van der Waals surface area contributed by atoms with Gasteiger partial charge in [0.15, 0.2) is 6.20 Å². The first kappa shape index (κ1) is 13.1. The largest absolute Gasteiger partial charge is 1.00 e. The van der Waals surface area contributed by atoms with Crippen LogP contribution in [0.2, 0.25) is 0 Å². The van der Waals surface area contributed by atoms with Crippen molar-refractivity contribution in [2.75, 3.05) is 0 Å². The first-order valence-corrected chi connectivity index (χ1v) is 5.11. The average Bonchev–Trinajstić information content (AvgIpc) is 2.17. The van der Waals surface area contributed by atoms with Crippen LogP contribution in [0.5, 0.6) is 5.75 Å². The Morgan fingerprint density at radius 1 is 1.12 bits per heavy atom. The van der Waals surface area contributed by atoms with Crippen LogP contribution in [0.4, 0.5) is 0 Å². The Labute approximate surface area is 108 Å². The van der Waals surface area contributed by atoms with Gasteiger partial charge in [-0.25, -0.2) is 4.98 Å². The number of pyridine rings is 1. The molecule has 0 aliphatic carbocycles. The van der Waals surface area contributed by atoms with Crippen molar-refractivity contribution < 1.29 is 29.0 Å². The Kier molecular flexibility index (Phi) is 3.67. The molecule has 0 fully saturated rings. The molecule has 1 heterocycles. The Morgan fingerprint density at radius 2 is 1.81 bits per heavy atom. The molecule has 1 N–H and O–H groups in total. The van der Waals surface area contributed by atoms with Crippen molar-refractivity contribution in [2.45, 2.75) is 26.2 Å². The molecule has 1 aromatic heterocycles. The molecule has 2 aromatic rings. The van der Waals surface area contributed by atoms with Crippen LogP contribution in [0.25, 0.3) is 10.9 Å². The van der Waals surface area contributed by atoms with E-state index in [1.807, 2.05) is 18.2 Å². The summed E-state index contributed by atoms with van der Waals surface area (Å²) in [5, 5.41) is 12.7. The van der Waals surface area contributed by atoms with E-state index in [0.717, 1.165) is 5.39 Å². The van der Waals surface area contributed by atoms with Gasteiger partial charge in [0.1, 0.15) is 0 Å². The van der Waals surface area contributed by atoms with Crippen LogP contribution >= 0.6 is 0 Å². The van der Waals surface area contributed by atoms with E-state index in [1.165, 1.54) is 5.56 Å². The summed E-state index contributed by atoms with van der Waals surface area (Å²) < 4.78 is 0. The zero-order valence-electron chi connectivity index (χ0n) is 10.3. The van der Waals surface area contributed by atoms with E-state index in [2.05, 4.69) is 25.8 Å². The maximum absolute atomic E-state index is 11.6. The molecule has 0 spiro atoms. The molecule has 0 saturated heterocycles. The Morgan fingerprint density at radius 3 is 2.44 bits per heavy atom. The number of hydrogen-bond donors (Lipinski definition) is 0. The summed E-state index contributed by atoms with van der Waals surface area (Å²) in [6.07, 6.45) is 1.79. The zero-order valence-corrected chi connectivity index (χ0v) is 10.3. The van der Waals surface area contributed by atoms with Gasteiger partial charge in [-0.1, -0.05) is 32.9 Å². The molecule has 0 aliphatic rings. The molecular weight excluding hydrogens is 193 g/mol. The quantitative estimate of drug-likeness (QED) is 0.513. The van der Waals surface area contributed by atoms with E-state index in [1.54, 1.807) is 12.3 Å². The fourth-order valence-corrected chi connectivity index (χ4v) is 1.85. The number of H-pyrrole nitrogens is 1. The van der Waals surface area contributed by atoms with Gasteiger partial charge in [0.05, 0.1) is 0 Å². The standard InChI is InChI=1S/C13H15NO.Li/c1-13(2,3)10-6-7-11(15)12-9(10)5-4-8-14-12;/h4-8,15H,1-3H3;/q;+1. The van der Waals surface area contributed by atoms with E-state index < -0.39 is 0 Å². The SMILES string of the molecule is CC(C)(C)c1ccc([O-])c2[nH+]cccc12.[Li+]. The van der Waals surface area contributed by atoms with E-state index in [9.17, 15) is 5.11 Å². The first-order chi connectivity index (χ1) is 7.00. The molecule has 0 saturated carbocycles. The van der Waals surface area contributed by atoms with Crippen LogP contribution in [-0.2, 0) is 5.41 Å². The van der Waals surface area contributed by atoms with Gasteiger partial charge in [-0.15, -0.1) is 0 Å². The van der Waals surface area contributed by atoms with Gasteiger partial charge in [-0.3, -0.25) is 0 Å². The minimum atomic E-state index is 0. The number of aromatic nitrogens is 1. The van der Waals surface area contributed by atoms with Crippen molar-refractivity contribution in [1.82, 2.24) is 0 Å². The molecule has 0 unspecified atom stereocenters. The van der Waals surface area contributed by atoms with Crippen LogP contribution in [0.15, 0.2) is 30.5 Å². The maximum Gasteiger partial charge on any atom is 1.00 e. The van der Waals surface area contributed by atoms with E-state index in [0.29, 0.717) is 5.52 Å². The van der Waals surface area contributed by atoms with Gasteiger partial charge in [0.2, 0.25) is 5.52 Å². The van der Waals surface area contributed by atoms with Crippen LogP contribution < -0.4 is 29.0 Å². The van der Waals surface area contributed by atoms with Gasteiger partial charge in [0, 0.05) is 11.5 Å². The summed E-state index contributed by atoms with van der Waals surface area (Å²) >= 11 is 0. The Hall–Kier alpha value is -0.973. The molecule has 0 bridgehead atoms. The molecule has 78 valence electrons. The summed E-state index contributed by atoms with van der Waals surface area (Å²) in [7, 11) is 0. The van der Waals surface area contributed by atoms with E-state index in [4.69, 9.17) is 0 Å². The minimum absolute atomic E-state index is 0. The number of hydrogen-bond acceptors (Lipinski definition) is 1. The fraction of sp³-hybridized carbons (Fsp3) is 0.308. The predicted molar refractivity (Wildman–Crippen MR) is 58.6 cm³/mol. The Balaban J connectivity index is 0.00000128. The van der Waals surface area contributed by atoms with Crippen LogP contribution in [0, 0.1) is 0 Å². The van der Waals surface area contributed by atoms with Gasteiger partial charge >= 0.3 is 18.9 Å². The fourth-order valence-electron chi connectivity index (χ4n) is 1.85. The summed E-state index contributed by atoms with van der Waals surface area (Å²) in [5.41, 5.74) is 1.96. The molecule has 0 aliphatic heterocycles. The van der Waals surface area contributed by atoms with Crippen molar-refractivity contribution in [2.24, 2.45) is 0 Å². The third-order valence-electron chi connectivity index (χ3n) is 2.60. The molecule has 0 atom stereocenters. The monoisotopic (exact) mass is 208 g/mol. The minimum Gasteiger partial charge on any atom is -0.868 e. The van der Waals surface area contributed by atoms with Crippen molar-refractivity contribution in [3.8, 4) is 5.75 Å². The first-order valence-electron chi connectivity index (χ1n) is 5.11. The van der Waals surface area contributed by atoms with Crippen LogP contribution in [0.1, 0.15) is 26.3 Å². The molecule has 0 radical (unpaired) electrons. The number of fused-ring (bicyclic) bond motifs is 1. The van der Waals surface area contributed by atoms with E-state index >= 15 is 0 Å². The zero-order chi connectivity index (χ0) is 11.1. The topological polar surface area (TPSA) is 37.2 Å². The van der Waals surface area contributed by atoms with Crippen molar-refractivity contribution >= 4 is 10.9 Å². The van der Waals surface area contributed by atoms with Gasteiger partial charge in [-0.2, -0.15) is 0 Å². The summed E-state index contributed by atoms with van der Waals surface area (Å²) in [6.45, 7) is 6.46. The third kappa shape index (κ3) is 2.24. The second kappa shape index (κ2) is 4.49. The maximum atomic E-state index is 11.6. The van der Waals surface area contributed by atoms with E-state index in [-0.39, 0.29) is 30.0 Å². The van der Waals surface area contributed by atoms with Gasteiger partial charge in [0.25, 0.3) is 0 Å². The van der Waals surface area contributed by atoms with Crippen LogP contribution in [0.3, 0.4) is 0 Å². The molecule has 1 aromatic carbocycles. The summed E-state index contributed by atoms with van der Waals surface area (Å²) in [5.74, 6) is 0.0543. The molecule has 3 heteroatoms. The van der Waals surface area contributed by atoms with Crippen molar-refractivity contribution in [3.63, 3.8) is 0 Å². The second-order valence-corrected chi connectivity index (χ2v) is 4.82. The number of rotatable bonds is 0. The number of benzene rings is 1. The smallest absolute Gasteiger partial charge is 0.868 e. The molecule has 2 rings (SSSR count). The predicted octanol–water partition coefficient (Wildman–Crippen LogP) is -0.971. The second-order valence-electron chi connectivity index (χ2n) is 4.82. The Bertz CT molecular complexity index is 503. The van der Waals surface area contributed by atoms with Gasteiger partial charge in [-0.05, 0) is 22.8 Å². The number of aromatic amines is 1. The average molecular weight is 208 g/mol. The molecule has 0 amide bonds. The molecule has 2 nitrogen and oxygen atoms in total. The molecule has 16 heavy (non-hydrogen) atoms. The summed E-state index contributed by atoms with van der Waals surface area (Å²) in [6, 6.07) is 7.49. The van der Waals surface area contributed by atoms with Crippen molar-refractivity contribution in [3.05, 3.63) is 36.0 Å². The van der Waals surface area contributed by atoms with Gasteiger partial charge < -0.3 is 5.11 Å². The van der Waals surface area contributed by atoms with Crippen LogP contribution in [-0.4, -0.2) is 0 Å². The number of nitrogens with one attached hydrogen (secondary N) is 1.